The molecule has 2 N–H and O–H groups in total. The lowest BCUT2D eigenvalue weighted by Crippen LogP contribution is -2.36. The number of amides is 1. The summed E-state index contributed by atoms with van der Waals surface area (Å²) in [5, 5.41) is 8.48. The van der Waals surface area contributed by atoms with Gasteiger partial charge in [-0.2, -0.15) is 8.78 Å². The molecule has 0 unspecified atom stereocenters. The van der Waals surface area contributed by atoms with Crippen LogP contribution in [0, 0.1) is 0 Å². The Labute approximate surface area is 168 Å². The van der Waals surface area contributed by atoms with Crippen LogP contribution in [0.1, 0.15) is 24.1 Å². The molecule has 0 aliphatic carbocycles. The van der Waals surface area contributed by atoms with Gasteiger partial charge in [0.15, 0.2) is 0 Å². The fraction of sp³-hybridized carbons (Fsp3) is 0.261. The highest BCUT2D eigenvalue weighted by Crippen LogP contribution is 2.23. The van der Waals surface area contributed by atoms with Crippen LogP contribution < -0.4 is 15.4 Å². The second kappa shape index (κ2) is 9.98. The predicted octanol–water partition coefficient (Wildman–Crippen LogP) is 4.45. The molecule has 0 saturated heterocycles. The maximum absolute atomic E-state index is 12.2. The Morgan fingerprint density at radius 1 is 1.00 bits per heavy atom. The van der Waals surface area contributed by atoms with Crippen LogP contribution in [0.25, 0.3) is 10.8 Å². The molecule has 0 aliphatic heterocycles. The highest BCUT2D eigenvalue weighted by atomic mass is 19.3. The molecule has 0 saturated carbocycles. The number of rotatable bonds is 9. The van der Waals surface area contributed by atoms with Crippen LogP contribution in [-0.4, -0.2) is 25.6 Å². The fourth-order valence-corrected chi connectivity index (χ4v) is 3.23. The van der Waals surface area contributed by atoms with E-state index in [4.69, 9.17) is 0 Å². The zero-order chi connectivity index (χ0) is 20.6. The lowest BCUT2D eigenvalue weighted by Gasteiger charge is -2.16. The van der Waals surface area contributed by atoms with E-state index in [1.807, 2.05) is 25.1 Å². The highest BCUT2D eigenvalue weighted by molar-refractivity contribution is 5.86. The summed E-state index contributed by atoms with van der Waals surface area (Å²) in [5.41, 5.74) is 2.09. The number of benzene rings is 3. The second-order valence-corrected chi connectivity index (χ2v) is 6.79. The van der Waals surface area contributed by atoms with Crippen molar-refractivity contribution in [2.24, 2.45) is 0 Å². The molecular formula is C23H24F2N2O2. The average molecular weight is 398 g/mol. The molecule has 6 heteroatoms. The molecule has 152 valence electrons. The van der Waals surface area contributed by atoms with E-state index >= 15 is 0 Å². The van der Waals surface area contributed by atoms with E-state index in [1.165, 1.54) is 22.9 Å². The van der Waals surface area contributed by atoms with Crippen LogP contribution in [0.3, 0.4) is 0 Å². The third kappa shape index (κ3) is 5.99. The molecule has 0 bridgehead atoms. The van der Waals surface area contributed by atoms with Crippen LogP contribution >= 0.6 is 0 Å². The van der Waals surface area contributed by atoms with Gasteiger partial charge < -0.3 is 15.4 Å². The van der Waals surface area contributed by atoms with Crippen LogP contribution in [-0.2, 0) is 11.2 Å². The third-order valence-electron chi connectivity index (χ3n) is 4.74. The summed E-state index contributed by atoms with van der Waals surface area (Å²) in [5.74, 6) is 0.0362. The van der Waals surface area contributed by atoms with E-state index in [0.29, 0.717) is 13.0 Å². The maximum atomic E-state index is 12.2. The van der Waals surface area contributed by atoms with Gasteiger partial charge in [-0.25, -0.2) is 0 Å². The number of halogens is 2. The number of hydrogen-bond donors (Lipinski definition) is 2. The number of hydrogen-bond acceptors (Lipinski definition) is 3. The maximum Gasteiger partial charge on any atom is 0.387 e. The van der Waals surface area contributed by atoms with E-state index < -0.39 is 6.61 Å². The summed E-state index contributed by atoms with van der Waals surface area (Å²) in [7, 11) is 0. The summed E-state index contributed by atoms with van der Waals surface area (Å²) >= 11 is 0. The number of alkyl halides is 2. The minimum Gasteiger partial charge on any atom is -0.435 e. The minimum atomic E-state index is -2.83. The standard InChI is InChI=1S/C23H24F2N2O2/c1-16(20-8-4-6-18-5-2-3-7-21(18)20)27-15-22(28)26-14-13-17-9-11-19(12-10-17)29-23(24)25/h2-12,16,23,27H,13-15H2,1H3,(H,26,28)/t16-/m1/s1. The van der Waals surface area contributed by atoms with Gasteiger partial charge >= 0.3 is 6.61 Å². The first-order valence-electron chi connectivity index (χ1n) is 9.54. The first-order valence-corrected chi connectivity index (χ1v) is 9.54. The Kier molecular flexibility index (Phi) is 7.14. The van der Waals surface area contributed by atoms with E-state index in [9.17, 15) is 13.6 Å². The van der Waals surface area contributed by atoms with Crippen LogP contribution in [0.4, 0.5) is 8.78 Å². The summed E-state index contributed by atoms with van der Waals surface area (Å²) in [6.07, 6.45) is 0.611. The summed E-state index contributed by atoms with van der Waals surface area (Å²) < 4.78 is 28.6. The van der Waals surface area contributed by atoms with E-state index in [1.54, 1.807) is 12.1 Å². The Balaban J connectivity index is 1.44. The molecule has 3 rings (SSSR count). The van der Waals surface area contributed by atoms with Crippen molar-refractivity contribution in [1.82, 2.24) is 10.6 Å². The number of carbonyl (C=O) groups is 1. The van der Waals surface area contributed by atoms with E-state index in [-0.39, 0.29) is 24.2 Å². The van der Waals surface area contributed by atoms with Gasteiger partial charge in [0.1, 0.15) is 5.75 Å². The summed E-state index contributed by atoms with van der Waals surface area (Å²) in [6, 6.07) is 20.8. The summed E-state index contributed by atoms with van der Waals surface area (Å²) in [6.45, 7) is -0.106. The molecular weight excluding hydrogens is 374 g/mol. The monoisotopic (exact) mass is 398 g/mol. The van der Waals surface area contributed by atoms with Crippen molar-refractivity contribution >= 4 is 16.7 Å². The first kappa shape index (κ1) is 20.7. The third-order valence-corrected chi connectivity index (χ3v) is 4.74. The molecule has 0 fully saturated rings. The zero-order valence-electron chi connectivity index (χ0n) is 16.2. The van der Waals surface area contributed by atoms with Crippen molar-refractivity contribution in [3.63, 3.8) is 0 Å². The van der Waals surface area contributed by atoms with Crippen molar-refractivity contribution in [3.8, 4) is 5.75 Å². The van der Waals surface area contributed by atoms with Crippen molar-refractivity contribution in [2.75, 3.05) is 13.1 Å². The molecule has 1 atom stereocenters. The van der Waals surface area contributed by atoms with Gasteiger partial charge in [-0.15, -0.1) is 0 Å². The second-order valence-electron chi connectivity index (χ2n) is 6.79. The SMILES string of the molecule is C[C@@H](NCC(=O)NCCc1ccc(OC(F)F)cc1)c1cccc2ccccc12. The topological polar surface area (TPSA) is 50.4 Å². The molecule has 0 heterocycles. The normalized spacial score (nSPS) is 12.1. The molecule has 0 radical (unpaired) electrons. The van der Waals surface area contributed by atoms with Gasteiger partial charge in [-0.3, -0.25) is 4.79 Å². The Morgan fingerprint density at radius 3 is 2.48 bits per heavy atom. The van der Waals surface area contributed by atoms with Gasteiger partial charge in [0, 0.05) is 12.6 Å². The fourth-order valence-electron chi connectivity index (χ4n) is 3.23. The number of ether oxygens (including phenoxy) is 1. The quantitative estimate of drug-likeness (QED) is 0.560. The Hall–Kier alpha value is -2.99. The first-order chi connectivity index (χ1) is 14.0. The van der Waals surface area contributed by atoms with Crippen molar-refractivity contribution in [3.05, 3.63) is 77.9 Å². The molecule has 0 spiro atoms. The molecule has 0 aromatic heterocycles. The predicted molar refractivity (Wildman–Crippen MR) is 110 cm³/mol. The van der Waals surface area contributed by atoms with E-state index in [2.05, 4.69) is 39.6 Å². The number of nitrogens with one attached hydrogen (secondary N) is 2. The highest BCUT2D eigenvalue weighted by Gasteiger charge is 2.10. The Morgan fingerprint density at radius 2 is 1.72 bits per heavy atom. The van der Waals surface area contributed by atoms with Gasteiger partial charge in [0.05, 0.1) is 6.54 Å². The molecule has 0 aliphatic rings. The Bertz CT molecular complexity index is 940. The van der Waals surface area contributed by atoms with Gasteiger partial charge in [0.2, 0.25) is 5.91 Å². The van der Waals surface area contributed by atoms with Gasteiger partial charge in [-0.1, -0.05) is 54.6 Å². The van der Waals surface area contributed by atoms with Crippen LogP contribution in [0.15, 0.2) is 66.7 Å². The van der Waals surface area contributed by atoms with Crippen molar-refractivity contribution in [1.29, 1.82) is 0 Å². The number of carbonyl (C=O) groups excluding carboxylic acids is 1. The molecule has 4 nitrogen and oxygen atoms in total. The zero-order valence-corrected chi connectivity index (χ0v) is 16.2. The van der Waals surface area contributed by atoms with Crippen LogP contribution in [0.5, 0.6) is 5.75 Å². The van der Waals surface area contributed by atoms with Crippen molar-refractivity contribution in [2.45, 2.75) is 26.0 Å². The van der Waals surface area contributed by atoms with Crippen molar-refractivity contribution < 1.29 is 18.3 Å². The minimum absolute atomic E-state index is 0.0363. The molecule has 3 aromatic rings. The smallest absolute Gasteiger partial charge is 0.387 e. The van der Waals surface area contributed by atoms with Gasteiger partial charge in [-0.05, 0) is 47.4 Å². The molecule has 29 heavy (non-hydrogen) atoms. The lowest BCUT2D eigenvalue weighted by molar-refractivity contribution is -0.120. The summed E-state index contributed by atoms with van der Waals surface area (Å²) in [4.78, 5) is 12.1. The largest absolute Gasteiger partial charge is 0.435 e. The van der Waals surface area contributed by atoms with Gasteiger partial charge in [0.25, 0.3) is 0 Å². The molecule has 3 aromatic carbocycles. The lowest BCUT2D eigenvalue weighted by atomic mass is 10.00. The van der Waals surface area contributed by atoms with E-state index in [0.717, 1.165) is 11.1 Å². The van der Waals surface area contributed by atoms with Crippen LogP contribution in [0.2, 0.25) is 0 Å². The molecule has 1 amide bonds. The number of fused-ring (bicyclic) bond motifs is 1. The average Bonchev–Trinajstić information content (AvgIpc) is 2.72.